The number of rotatable bonds is 3. The van der Waals surface area contributed by atoms with Crippen molar-refractivity contribution >= 4 is 17.4 Å². The summed E-state index contributed by atoms with van der Waals surface area (Å²) in [5, 5.41) is 8.11. The maximum Gasteiger partial charge on any atom is 0.138 e. The maximum atomic E-state index is 13.2. The van der Waals surface area contributed by atoms with Crippen LogP contribution in [-0.4, -0.2) is 5.84 Å². The van der Waals surface area contributed by atoms with Gasteiger partial charge in [0.25, 0.3) is 0 Å². The van der Waals surface area contributed by atoms with Crippen LogP contribution in [0.1, 0.15) is 16.7 Å². The molecule has 0 aliphatic heterocycles. The van der Waals surface area contributed by atoms with Gasteiger partial charge in [-0.1, -0.05) is 11.6 Å². The summed E-state index contributed by atoms with van der Waals surface area (Å²) in [5.41, 5.74) is 7.38. The Kier molecular flexibility index (Phi) is 3.95. The SMILES string of the molecule is Cc1cc(Cl)cc(C)c1Oc1ccc(F)cc1C(=N)N. The highest BCUT2D eigenvalue weighted by Gasteiger charge is 2.12. The molecule has 20 heavy (non-hydrogen) atoms. The monoisotopic (exact) mass is 292 g/mol. The highest BCUT2D eigenvalue weighted by Crippen LogP contribution is 2.33. The Bertz CT molecular complexity index is 663. The second kappa shape index (κ2) is 5.51. The molecule has 0 bridgehead atoms. The lowest BCUT2D eigenvalue weighted by Gasteiger charge is -2.15. The number of ether oxygens (including phenoxy) is 1. The van der Waals surface area contributed by atoms with Crippen LogP contribution in [0.3, 0.4) is 0 Å². The molecule has 0 unspecified atom stereocenters. The Labute approximate surface area is 121 Å². The molecule has 0 fully saturated rings. The molecule has 3 N–H and O–H groups in total. The Morgan fingerprint density at radius 1 is 1.20 bits per heavy atom. The summed E-state index contributed by atoms with van der Waals surface area (Å²) in [7, 11) is 0. The number of nitrogens with two attached hydrogens (primary N) is 1. The van der Waals surface area contributed by atoms with Crippen LogP contribution in [0.25, 0.3) is 0 Å². The number of benzene rings is 2. The molecule has 0 radical (unpaired) electrons. The van der Waals surface area contributed by atoms with Crippen LogP contribution in [-0.2, 0) is 0 Å². The third kappa shape index (κ3) is 2.91. The predicted octanol–water partition coefficient (Wildman–Crippen LogP) is 4.17. The molecule has 0 amide bonds. The summed E-state index contributed by atoms with van der Waals surface area (Å²) in [5.74, 6) is 0.256. The van der Waals surface area contributed by atoms with E-state index in [4.69, 9.17) is 27.5 Å². The number of aryl methyl sites for hydroxylation is 2. The minimum atomic E-state index is -0.466. The Morgan fingerprint density at radius 2 is 1.80 bits per heavy atom. The molecular formula is C15H14ClFN2O. The van der Waals surface area contributed by atoms with Crippen LogP contribution >= 0.6 is 11.6 Å². The highest BCUT2D eigenvalue weighted by molar-refractivity contribution is 6.30. The van der Waals surface area contributed by atoms with Gasteiger partial charge in [-0.15, -0.1) is 0 Å². The van der Waals surface area contributed by atoms with E-state index in [0.717, 1.165) is 11.1 Å². The van der Waals surface area contributed by atoms with Crippen molar-refractivity contribution in [2.75, 3.05) is 0 Å². The van der Waals surface area contributed by atoms with Gasteiger partial charge in [-0.3, -0.25) is 5.41 Å². The summed E-state index contributed by atoms with van der Waals surface area (Å²) < 4.78 is 19.0. The molecule has 3 nitrogen and oxygen atoms in total. The van der Waals surface area contributed by atoms with E-state index >= 15 is 0 Å². The first-order valence-corrected chi connectivity index (χ1v) is 6.35. The molecule has 0 saturated carbocycles. The molecular weight excluding hydrogens is 279 g/mol. The molecule has 5 heteroatoms. The molecule has 0 aliphatic rings. The van der Waals surface area contributed by atoms with E-state index in [1.54, 1.807) is 12.1 Å². The summed E-state index contributed by atoms with van der Waals surface area (Å²) >= 11 is 5.97. The van der Waals surface area contributed by atoms with Gasteiger partial charge in [0.15, 0.2) is 0 Å². The van der Waals surface area contributed by atoms with E-state index in [-0.39, 0.29) is 11.4 Å². The molecule has 0 aromatic heterocycles. The fourth-order valence-electron chi connectivity index (χ4n) is 1.97. The van der Waals surface area contributed by atoms with Gasteiger partial charge in [-0.25, -0.2) is 4.39 Å². The van der Waals surface area contributed by atoms with Crippen molar-refractivity contribution in [3.63, 3.8) is 0 Å². The number of hydrogen-bond donors (Lipinski definition) is 2. The van der Waals surface area contributed by atoms with Crippen LogP contribution < -0.4 is 10.5 Å². The third-order valence-corrected chi connectivity index (χ3v) is 3.09. The lowest BCUT2D eigenvalue weighted by Crippen LogP contribution is -2.13. The number of halogens is 2. The molecule has 0 aliphatic carbocycles. The van der Waals surface area contributed by atoms with Crippen molar-refractivity contribution in [1.82, 2.24) is 0 Å². The highest BCUT2D eigenvalue weighted by atomic mass is 35.5. The van der Waals surface area contributed by atoms with Gasteiger partial charge in [-0.05, 0) is 55.3 Å². The van der Waals surface area contributed by atoms with E-state index < -0.39 is 5.82 Å². The van der Waals surface area contributed by atoms with E-state index in [1.165, 1.54) is 18.2 Å². The minimum Gasteiger partial charge on any atom is -0.456 e. The zero-order chi connectivity index (χ0) is 14.9. The molecule has 0 saturated heterocycles. The Balaban J connectivity index is 2.48. The molecule has 0 atom stereocenters. The zero-order valence-electron chi connectivity index (χ0n) is 11.1. The van der Waals surface area contributed by atoms with Crippen LogP contribution in [0.4, 0.5) is 4.39 Å². The van der Waals surface area contributed by atoms with E-state index in [2.05, 4.69) is 0 Å². The standard InChI is InChI=1S/C15H14ClFN2O/c1-8-5-10(16)6-9(2)14(8)20-13-4-3-11(17)7-12(13)15(18)19/h3-7H,1-2H3,(H3,18,19). The second-order valence-corrected chi connectivity index (χ2v) is 4.96. The van der Waals surface area contributed by atoms with Crippen LogP contribution in [0.15, 0.2) is 30.3 Å². The maximum absolute atomic E-state index is 13.2. The minimum absolute atomic E-state index is 0.221. The first-order chi connectivity index (χ1) is 9.38. The first-order valence-electron chi connectivity index (χ1n) is 5.97. The molecule has 0 heterocycles. The largest absolute Gasteiger partial charge is 0.456 e. The lowest BCUT2D eigenvalue weighted by molar-refractivity contribution is 0.472. The van der Waals surface area contributed by atoms with Crippen LogP contribution in [0, 0.1) is 25.1 Å². The van der Waals surface area contributed by atoms with E-state index in [9.17, 15) is 4.39 Å². The molecule has 2 aromatic carbocycles. The van der Waals surface area contributed by atoms with Crippen molar-refractivity contribution in [2.24, 2.45) is 5.73 Å². The molecule has 2 aromatic rings. The Hall–Kier alpha value is -2.07. The molecule has 0 spiro atoms. The van der Waals surface area contributed by atoms with Crippen molar-refractivity contribution in [2.45, 2.75) is 13.8 Å². The predicted molar refractivity (Wildman–Crippen MR) is 78.4 cm³/mol. The van der Waals surface area contributed by atoms with Gasteiger partial charge in [0.2, 0.25) is 0 Å². The fraction of sp³-hybridized carbons (Fsp3) is 0.133. The van der Waals surface area contributed by atoms with Gasteiger partial charge in [0.1, 0.15) is 23.2 Å². The van der Waals surface area contributed by atoms with Crippen molar-refractivity contribution in [3.05, 3.63) is 57.9 Å². The van der Waals surface area contributed by atoms with E-state index in [0.29, 0.717) is 16.5 Å². The quantitative estimate of drug-likeness (QED) is 0.659. The molecule has 2 rings (SSSR count). The normalized spacial score (nSPS) is 10.4. The van der Waals surface area contributed by atoms with Crippen molar-refractivity contribution in [3.8, 4) is 11.5 Å². The summed E-state index contributed by atoms with van der Waals surface area (Å²) in [4.78, 5) is 0. The van der Waals surface area contributed by atoms with Gasteiger partial charge in [-0.2, -0.15) is 0 Å². The number of amidine groups is 1. The third-order valence-electron chi connectivity index (χ3n) is 2.87. The average molecular weight is 293 g/mol. The molecule has 104 valence electrons. The number of hydrogen-bond acceptors (Lipinski definition) is 2. The van der Waals surface area contributed by atoms with Gasteiger partial charge in [0.05, 0.1) is 5.56 Å². The number of nitrogens with one attached hydrogen (secondary N) is 1. The van der Waals surface area contributed by atoms with Crippen LogP contribution in [0.5, 0.6) is 11.5 Å². The van der Waals surface area contributed by atoms with Crippen LogP contribution in [0.2, 0.25) is 5.02 Å². The fourth-order valence-corrected chi connectivity index (χ4v) is 2.30. The topological polar surface area (TPSA) is 59.1 Å². The van der Waals surface area contributed by atoms with Gasteiger partial charge < -0.3 is 10.5 Å². The van der Waals surface area contributed by atoms with Crippen molar-refractivity contribution in [1.29, 1.82) is 5.41 Å². The first kappa shape index (κ1) is 14.3. The van der Waals surface area contributed by atoms with E-state index in [1.807, 2.05) is 13.8 Å². The number of nitrogen functional groups attached to an aromatic ring is 1. The van der Waals surface area contributed by atoms with Gasteiger partial charge in [0, 0.05) is 5.02 Å². The zero-order valence-corrected chi connectivity index (χ0v) is 11.9. The lowest BCUT2D eigenvalue weighted by atomic mass is 10.1. The Morgan fingerprint density at radius 3 is 2.35 bits per heavy atom. The summed E-state index contributed by atoms with van der Waals surface area (Å²) in [6.45, 7) is 3.73. The van der Waals surface area contributed by atoms with Gasteiger partial charge >= 0.3 is 0 Å². The average Bonchev–Trinajstić information content (AvgIpc) is 2.34. The second-order valence-electron chi connectivity index (χ2n) is 4.52. The summed E-state index contributed by atoms with van der Waals surface area (Å²) in [6, 6.07) is 7.46. The van der Waals surface area contributed by atoms with Crippen molar-refractivity contribution < 1.29 is 9.13 Å². The summed E-state index contributed by atoms with van der Waals surface area (Å²) in [6.07, 6.45) is 0. The smallest absolute Gasteiger partial charge is 0.138 e.